The SMILES string of the molecule is CC(C)C(=O)N1CC[C@H]1C(C)C. The second-order valence-electron chi connectivity index (χ2n) is 4.29. The van der Waals surface area contributed by atoms with Gasteiger partial charge in [0.1, 0.15) is 0 Å². The molecule has 2 heteroatoms. The zero-order valence-corrected chi connectivity index (χ0v) is 8.50. The fraction of sp³-hybridized carbons (Fsp3) is 0.900. The lowest BCUT2D eigenvalue weighted by Gasteiger charge is -2.44. The molecule has 2 nitrogen and oxygen atoms in total. The van der Waals surface area contributed by atoms with Gasteiger partial charge in [-0.1, -0.05) is 27.7 Å². The summed E-state index contributed by atoms with van der Waals surface area (Å²) < 4.78 is 0. The van der Waals surface area contributed by atoms with Crippen molar-refractivity contribution < 1.29 is 4.79 Å². The van der Waals surface area contributed by atoms with Crippen molar-refractivity contribution in [3.63, 3.8) is 0 Å². The summed E-state index contributed by atoms with van der Waals surface area (Å²) in [5.41, 5.74) is 0. The number of carbonyl (C=O) groups excluding carboxylic acids is 1. The van der Waals surface area contributed by atoms with Crippen LogP contribution in [0.1, 0.15) is 34.1 Å². The molecule has 0 aliphatic carbocycles. The molecule has 70 valence electrons. The predicted molar refractivity (Wildman–Crippen MR) is 49.8 cm³/mol. The molecule has 1 atom stereocenters. The smallest absolute Gasteiger partial charge is 0.225 e. The third kappa shape index (κ3) is 1.62. The van der Waals surface area contributed by atoms with Gasteiger partial charge in [0, 0.05) is 18.5 Å². The first-order valence-corrected chi connectivity index (χ1v) is 4.84. The molecule has 0 unspecified atom stereocenters. The van der Waals surface area contributed by atoms with Gasteiger partial charge in [-0.25, -0.2) is 0 Å². The summed E-state index contributed by atoms with van der Waals surface area (Å²) in [5, 5.41) is 0. The maximum atomic E-state index is 11.6. The zero-order chi connectivity index (χ0) is 9.30. The summed E-state index contributed by atoms with van der Waals surface area (Å²) >= 11 is 0. The van der Waals surface area contributed by atoms with Crippen LogP contribution in [0.4, 0.5) is 0 Å². The van der Waals surface area contributed by atoms with Gasteiger partial charge in [-0.05, 0) is 12.3 Å². The van der Waals surface area contributed by atoms with Crippen LogP contribution in [0.2, 0.25) is 0 Å². The van der Waals surface area contributed by atoms with E-state index in [4.69, 9.17) is 0 Å². The van der Waals surface area contributed by atoms with Crippen molar-refractivity contribution >= 4 is 5.91 Å². The molecule has 0 radical (unpaired) electrons. The Morgan fingerprint density at radius 2 is 1.92 bits per heavy atom. The summed E-state index contributed by atoms with van der Waals surface area (Å²) in [6.45, 7) is 9.28. The summed E-state index contributed by atoms with van der Waals surface area (Å²) in [7, 11) is 0. The van der Waals surface area contributed by atoms with Gasteiger partial charge in [-0.3, -0.25) is 4.79 Å². The molecule has 0 aromatic rings. The van der Waals surface area contributed by atoms with Crippen molar-refractivity contribution in [3.8, 4) is 0 Å². The van der Waals surface area contributed by atoms with E-state index in [1.165, 1.54) is 6.42 Å². The first-order valence-electron chi connectivity index (χ1n) is 4.84. The lowest BCUT2D eigenvalue weighted by molar-refractivity contribution is -0.144. The molecule has 1 aliphatic heterocycles. The first-order chi connectivity index (χ1) is 5.54. The number of hydrogen-bond donors (Lipinski definition) is 0. The lowest BCUT2D eigenvalue weighted by atomic mass is 9.90. The number of amides is 1. The zero-order valence-electron chi connectivity index (χ0n) is 8.50. The van der Waals surface area contributed by atoms with Gasteiger partial charge in [0.25, 0.3) is 0 Å². The molecule has 1 saturated heterocycles. The van der Waals surface area contributed by atoms with Crippen LogP contribution in [0.5, 0.6) is 0 Å². The first kappa shape index (κ1) is 9.56. The standard InChI is InChI=1S/C10H19NO/c1-7(2)9-5-6-11(9)10(12)8(3)4/h7-9H,5-6H2,1-4H3/t9-/m0/s1. The molecule has 12 heavy (non-hydrogen) atoms. The summed E-state index contributed by atoms with van der Waals surface area (Å²) in [6.07, 6.45) is 1.19. The lowest BCUT2D eigenvalue weighted by Crippen LogP contribution is -2.54. The van der Waals surface area contributed by atoms with Crippen molar-refractivity contribution in [1.82, 2.24) is 4.90 Å². The second-order valence-corrected chi connectivity index (χ2v) is 4.29. The molecule has 1 rings (SSSR count). The number of likely N-dealkylation sites (tertiary alicyclic amines) is 1. The Labute approximate surface area is 74.9 Å². The molecule has 0 bridgehead atoms. The fourth-order valence-electron chi connectivity index (χ4n) is 1.71. The van der Waals surface area contributed by atoms with E-state index in [2.05, 4.69) is 13.8 Å². The van der Waals surface area contributed by atoms with E-state index in [9.17, 15) is 4.79 Å². The monoisotopic (exact) mass is 169 g/mol. The molecule has 0 N–H and O–H groups in total. The van der Waals surface area contributed by atoms with Gasteiger partial charge >= 0.3 is 0 Å². The van der Waals surface area contributed by atoms with Crippen LogP contribution in [0.25, 0.3) is 0 Å². The third-order valence-corrected chi connectivity index (χ3v) is 2.61. The molecule has 1 fully saturated rings. The van der Waals surface area contributed by atoms with Gasteiger partial charge in [0.2, 0.25) is 5.91 Å². The average Bonchev–Trinajstić information content (AvgIpc) is 1.82. The van der Waals surface area contributed by atoms with Gasteiger partial charge in [0.15, 0.2) is 0 Å². The van der Waals surface area contributed by atoms with E-state index in [1.54, 1.807) is 0 Å². The highest BCUT2D eigenvalue weighted by Crippen LogP contribution is 2.25. The number of nitrogens with zero attached hydrogens (tertiary/aromatic N) is 1. The summed E-state index contributed by atoms with van der Waals surface area (Å²) in [6, 6.07) is 0.514. The Kier molecular flexibility index (Phi) is 2.76. The van der Waals surface area contributed by atoms with E-state index in [0.717, 1.165) is 6.54 Å². The molecular formula is C10H19NO. The number of hydrogen-bond acceptors (Lipinski definition) is 1. The Hall–Kier alpha value is -0.530. The van der Waals surface area contributed by atoms with Gasteiger partial charge in [-0.15, -0.1) is 0 Å². The molecule has 0 aromatic heterocycles. The summed E-state index contributed by atoms with van der Waals surface area (Å²) in [5.74, 6) is 1.09. The number of carbonyl (C=O) groups is 1. The molecule has 0 aromatic carbocycles. The minimum Gasteiger partial charge on any atom is -0.339 e. The maximum Gasteiger partial charge on any atom is 0.225 e. The van der Waals surface area contributed by atoms with E-state index < -0.39 is 0 Å². The molecule has 1 aliphatic rings. The van der Waals surface area contributed by atoms with Gasteiger partial charge in [-0.2, -0.15) is 0 Å². The highest BCUT2D eigenvalue weighted by molar-refractivity contribution is 5.79. The van der Waals surface area contributed by atoms with Crippen LogP contribution in [0.3, 0.4) is 0 Å². The molecule has 1 heterocycles. The quantitative estimate of drug-likeness (QED) is 0.618. The fourth-order valence-corrected chi connectivity index (χ4v) is 1.71. The molecule has 1 amide bonds. The number of rotatable bonds is 2. The minimum absolute atomic E-state index is 0.159. The van der Waals surface area contributed by atoms with Gasteiger partial charge < -0.3 is 4.90 Å². The van der Waals surface area contributed by atoms with Crippen LogP contribution in [0.15, 0.2) is 0 Å². The molecular weight excluding hydrogens is 150 g/mol. The van der Waals surface area contributed by atoms with E-state index in [1.807, 2.05) is 18.7 Å². The Morgan fingerprint density at radius 3 is 2.17 bits per heavy atom. The topological polar surface area (TPSA) is 20.3 Å². The van der Waals surface area contributed by atoms with Crippen LogP contribution < -0.4 is 0 Å². The highest BCUT2D eigenvalue weighted by atomic mass is 16.2. The van der Waals surface area contributed by atoms with Crippen molar-refractivity contribution in [3.05, 3.63) is 0 Å². The van der Waals surface area contributed by atoms with Crippen LogP contribution >= 0.6 is 0 Å². The van der Waals surface area contributed by atoms with E-state index in [-0.39, 0.29) is 5.92 Å². The Bertz CT molecular complexity index is 175. The van der Waals surface area contributed by atoms with Crippen LogP contribution in [0, 0.1) is 11.8 Å². The van der Waals surface area contributed by atoms with E-state index in [0.29, 0.717) is 17.9 Å². The third-order valence-electron chi connectivity index (χ3n) is 2.61. The molecule has 0 saturated carbocycles. The van der Waals surface area contributed by atoms with Gasteiger partial charge in [0.05, 0.1) is 0 Å². The van der Waals surface area contributed by atoms with Crippen LogP contribution in [-0.4, -0.2) is 23.4 Å². The highest BCUT2D eigenvalue weighted by Gasteiger charge is 2.34. The summed E-state index contributed by atoms with van der Waals surface area (Å²) in [4.78, 5) is 13.6. The van der Waals surface area contributed by atoms with Crippen molar-refractivity contribution in [1.29, 1.82) is 0 Å². The van der Waals surface area contributed by atoms with Crippen LogP contribution in [-0.2, 0) is 4.79 Å². The second kappa shape index (κ2) is 3.46. The van der Waals surface area contributed by atoms with Crippen molar-refractivity contribution in [2.75, 3.05) is 6.54 Å². The van der Waals surface area contributed by atoms with Crippen molar-refractivity contribution in [2.45, 2.75) is 40.2 Å². The molecule has 0 spiro atoms. The normalized spacial score (nSPS) is 23.2. The Morgan fingerprint density at radius 1 is 1.33 bits per heavy atom. The Balaban J connectivity index is 2.49. The minimum atomic E-state index is 0.159. The van der Waals surface area contributed by atoms with Crippen molar-refractivity contribution in [2.24, 2.45) is 11.8 Å². The largest absolute Gasteiger partial charge is 0.339 e. The maximum absolute atomic E-state index is 11.6. The van der Waals surface area contributed by atoms with E-state index >= 15 is 0 Å². The average molecular weight is 169 g/mol. The predicted octanol–water partition coefficient (Wildman–Crippen LogP) is 1.90.